The Labute approximate surface area is 151 Å². The van der Waals surface area contributed by atoms with E-state index in [1.165, 1.54) is 0 Å². The van der Waals surface area contributed by atoms with Gasteiger partial charge in [0.25, 0.3) is 0 Å². The van der Waals surface area contributed by atoms with Crippen molar-refractivity contribution in [3.05, 3.63) is 71.4 Å². The van der Waals surface area contributed by atoms with E-state index in [1.54, 1.807) is 6.26 Å². The molecule has 0 amide bonds. The molecule has 0 radical (unpaired) electrons. The number of carbonyl (C=O) groups excluding carboxylic acids is 1. The molecule has 2 unspecified atom stereocenters. The summed E-state index contributed by atoms with van der Waals surface area (Å²) < 4.78 is 13.7. The van der Waals surface area contributed by atoms with Crippen LogP contribution in [0.25, 0.3) is 10.9 Å². The number of rotatable bonds is 6. The normalized spacial score (nSPS) is 13.7. The fraction of sp³-hybridized carbons (Fsp3) is 0.286. The van der Waals surface area contributed by atoms with Gasteiger partial charge in [-0.25, -0.2) is 0 Å². The molecule has 0 bridgehead atoms. The van der Waals surface area contributed by atoms with E-state index in [4.69, 9.17) is 0 Å². The van der Waals surface area contributed by atoms with E-state index >= 15 is 0 Å². The maximum absolute atomic E-state index is 13.1. The van der Waals surface area contributed by atoms with Crippen LogP contribution >= 0.6 is 0 Å². The zero-order valence-corrected chi connectivity index (χ0v) is 15.7. The number of hydrogen-bond acceptors (Lipinski definition) is 2. The molecule has 0 aliphatic rings. The van der Waals surface area contributed by atoms with Crippen molar-refractivity contribution < 1.29 is 9.00 Å². The quantitative estimate of drug-likeness (QED) is 0.612. The van der Waals surface area contributed by atoms with E-state index in [0.717, 1.165) is 28.6 Å². The van der Waals surface area contributed by atoms with Gasteiger partial charge in [0.1, 0.15) is 0 Å². The Morgan fingerprint density at radius 1 is 1.08 bits per heavy atom. The Morgan fingerprint density at radius 3 is 2.40 bits per heavy atom. The topological polar surface area (TPSA) is 39.1 Å². The summed E-state index contributed by atoms with van der Waals surface area (Å²) in [5, 5.41) is 0.985. The summed E-state index contributed by atoms with van der Waals surface area (Å²) in [4.78, 5) is 13.1. The molecule has 0 saturated heterocycles. The third-order valence-corrected chi connectivity index (χ3v) is 5.49. The number of hydrogen-bond donors (Lipinski definition) is 0. The van der Waals surface area contributed by atoms with Crippen LogP contribution in [0.5, 0.6) is 0 Å². The minimum Gasteiger partial charge on any atom is -0.341 e. The molecule has 0 aliphatic heterocycles. The number of aromatic nitrogens is 1. The number of carbonyl (C=O) groups is 1. The number of ketones is 1. The van der Waals surface area contributed by atoms with Crippen LogP contribution in [0.15, 0.2) is 54.6 Å². The molecule has 2 atom stereocenters. The predicted molar refractivity (Wildman–Crippen MR) is 105 cm³/mol. The number of fused-ring (bicyclic) bond motifs is 1. The molecule has 130 valence electrons. The Hall–Kier alpha value is -2.20. The van der Waals surface area contributed by atoms with Crippen molar-refractivity contribution in [1.82, 2.24) is 4.57 Å². The molecule has 1 aromatic heterocycles. The van der Waals surface area contributed by atoms with Gasteiger partial charge in [-0.3, -0.25) is 9.00 Å². The summed E-state index contributed by atoms with van der Waals surface area (Å²) >= 11 is 0. The summed E-state index contributed by atoms with van der Waals surface area (Å²) in [6.07, 6.45) is 2.55. The molecule has 1 heterocycles. The lowest BCUT2D eigenvalue weighted by atomic mass is 10.0. The summed E-state index contributed by atoms with van der Waals surface area (Å²) in [6.45, 7) is 4.14. The first kappa shape index (κ1) is 17.6. The number of para-hydroxylation sites is 1. The lowest BCUT2D eigenvalue weighted by Crippen LogP contribution is -2.11. The summed E-state index contributed by atoms with van der Waals surface area (Å²) in [5.41, 5.74) is 3.51. The van der Waals surface area contributed by atoms with Crippen molar-refractivity contribution in [1.29, 1.82) is 0 Å². The van der Waals surface area contributed by atoms with E-state index in [2.05, 4.69) is 17.6 Å². The fourth-order valence-corrected chi connectivity index (χ4v) is 4.12. The van der Waals surface area contributed by atoms with Crippen molar-refractivity contribution in [2.75, 3.05) is 12.0 Å². The molecule has 25 heavy (non-hydrogen) atoms. The van der Waals surface area contributed by atoms with Crippen molar-refractivity contribution in [3.63, 3.8) is 0 Å². The van der Waals surface area contributed by atoms with Gasteiger partial charge in [0.2, 0.25) is 0 Å². The van der Waals surface area contributed by atoms with E-state index < -0.39 is 10.8 Å². The monoisotopic (exact) mass is 353 g/mol. The van der Waals surface area contributed by atoms with Crippen LogP contribution in [0, 0.1) is 6.92 Å². The average molecular weight is 353 g/mol. The second-order valence-corrected chi connectivity index (χ2v) is 8.01. The zero-order chi connectivity index (χ0) is 18.0. The van der Waals surface area contributed by atoms with E-state index in [1.807, 2.05) is 55.5 Å². The second kappa shape index (κ2) is 7.36. The summed E-state index contributed by atoms with van der Waals surface area (Å²) in [7, 11) is -0.812. The van der Waals surface area contributed by atoms with Crippen molar-refractivity contribution >= 4 is 27.5 Å². The molecule has 3 rings (SSSR count). The minimum atomic E-state index is -0.812. The van der Waals surface area contributed by atoms with Crippen LogP contribution in [0.3, 0.4) is 0 Å². The zero-order valence-electron chi connectivity index (χ0n) is 14.9. The molecule has 2 aromatic carbocycles. The van der Waals surface area contributed by atoms with Crippen molar-refractivity contribution in [2.24, 2.45) is 0 Å². The van der Waals surface area contributed by atoms with Crippen LogP contribution in [-0.4, -0.2) is 26.6 Å². The maximum Gasteiger partial charge on any atom is 0.195 e. The van der Waals surface area contributed by atoms with Gasteiger partial charge < -0.3 is 4.57 Å². The largest absolute Gasteiger partial charge is 0.341 e. The number of benzene rings is 2. The van der Waals surface area contributed by atoms with Crippen LogP contribution < -0.4 is 0 Å². The van der Waals surface area contributed by atoms with Gasteiger partial charge in [0.15, 0.2) is 5.78 Å². The van der Waals surface area contributed by atoms with E-state index in [-0.39, 0.29) is 11.8 Å². The average Bonchev–Trinajstić information content (AvgIpc) is 2.91. The fourth-order valence-electron chi connectivity index (χ4n) is 3.45. The van der Waals surface area contributed by atoms with Crippen molar-refractivity contribution in [2.45, 2.75) is 26.3 Å². The molecular formula is C21H23NO2S. The highest BCUT2D eigenvalue weighted by atomic mass is 32.2. The van der Waals surface area contributed by atoms with Gasteiger partial charge in [-0.15, -0.1) is 0 Å². The van der Waals surface area contributed by atoms with Gasteiger partial charge in [-0.2, -0.15) is 0 Å². The molecule has 0 fully saturated rings. The van der Waals surface area contributed by atoms with Gasteiger partial charge in [-0.05, 0) is 26.3 Å². The van der Waals surface area contributed by atoms with Crippen LogP contribution in [0.2, 0.25) is 0 Å². The van der Waals surface area contributed by atoms with Crippen LogP contribution in [0.1, 0.15) is 41.0 Å². The highest BCUT2D eigenvalue weighted by molar-refractivity contribution is 7.84. The molecule has 4 heteroatoms. The van der Waals surface area contributed by atoms with E-state index in [9.17, 15) is 9.00 Å². The van der Waals surface area contributed by atoms with Gasteiger partial charge >= 0.3 is 0 Å². The highest BCUT2D eigenvalue weighted by Gasteiger charge is 2.22. The smallest absolute Gasteiger partial charge is 0.195 e. The van der Waals surface area contributed by atoms with E-state index in [0.29, 0.717) is 11.3 Å². The first-order valence-corrected chi connectivity index (χ1v) is 10.2. The first-order chi connectivity index (χ1) is 12.0. The maximum atomic E-state index is 13.1. The SMILES string of the molecule is Cc1c(C(=O)c2ccccc2)c2ccccc2n1C(C)CCS(C)=O. The predicted octanol–water partition coefficient (Wildman–Crippen LogP) is 4.51. The third kappa shape index (κ3) is 3.45. The molecule has 3 nitrogen and oxygen atoms in total. The molecule has 0 saturated carbocycles. The van der Waals surface area contributed by atoms with Crippen LogP contribution in [0.4, 0.5) is 0 Å². The lowest BCUT2D eigenvalue weighted by Gasteiger charge is -2.17. The summed E-state index contributed by atoms with van der Waals surface area (Å²) in [5.74, 6) is 0.717. The third-order valence-electron chi connectivity index (χ3n) is 4.68. The number of nitrogens with zero attached hydrogens (tertiary/aromatic N) is 1. The Balaban J connectivity index is 2.13. The van der Waals surface area contributed by atoms with Crippen molar-refractivity contribution in [3.8, 4) is 0 Å². The van der Waals surface area contributed by atoms with Crippen LogP contribution in [-0.2, 0) is 10.8 Å². The lowest BCUT2D eigenvalue weighted by molar-refractivity contribution is 0.103. The molecule has 0 N–H and O–H groups in total. The Kier molecular flexibility index (Phi) is 5.19. The minimum absolute atomic E-state index is 0.0549. The highest BCUT2D eigenvalue weighted by Crippen LogP contribution is 2.31. The van der Waals surface area contributed by atoms with Gasteiger partial charge in [-0.1, -0.05) is 48.5 Å². The second-order valence-electron chi connectivity index (χ2n) is 6.46. The molecule has 0 spiro atoms. The Morgan fingerprint density at radius 2 is 1.72 bits per heavy atom. The van der Waals surface area contributed by atoms with Gasteiger partial charge in [0.05, 0.1) is 5.56 Å². The Bertz CT molecular complexity index is 928. The first-order valence-electron chi connectivity index (χ1n) is 8.50. The standard InChI is InChI=1S/C21H23NO2S/c1-15(13-14-25(3)24)22-16(2)20(18-11-7-8-12-19(18)22)21(23)17-9-5-4-6-10-17/h4-12,15H,13-14H2,1-3H3. The summed E-state index contributed by atoms with van der Waals surface area (Å²) in [6, 6.07) is 17.6. The molecule has 0 aliphatic carbocycles. The molecule has 3 aromatic rings. The van der Waals surface area contributed by atoms with Gasteiger partial charge in [0, 0.05) is 51.0 Å². The molecular weight excluding hydrogens is 330 g/mol.